The maximum Gasteiger partial charge on any atom is 0.269 e. The fourth-order valence-corrected chi connectivity index (χ4v) is 2.56. The van der Waals surface area contributed by atoms with E-state index in [1.54, 1.807) is 0 Å². The van der Waals surface area contributed by atoms with E-state index in [2.05, 4.69) is 5.32 Å². The van der Waals surface area contributed by atoms with E-state index in [4.69, 9.17) is 10.5 Å². The summed E-state index contributed by atoms with van der Waals surface area (Å²) < 4.78 is 31.7. The molecule has 0 aliphatic rings. The SMILES string of the molecule is COc1ccc([N+](=O)[O-])cc1C[C@H](NC(=O)Cc1ccc(F)cc1F)C(N)=O. The van der Waals surface area contributed by atoms with Crippen LogP contribution in [0.3, 0.4) is 0 Å². The Morgan fingerprint density at radius 1 is 1.21 bits per heavy atom. The number of rotatable bonds is 8. The lowest BCUT2D eigenvalue weighted by molar-refractivity contribution is -0.384. The van der Waals surface area contributed by atoms with Crippen LogP contribution < -0.4 is 15.8 Å². The molecule has 0 fully saturated rings. The van der Waals surface area contributed by atoms with E-state index in [0.29, 0.717) is 6.07 Å². The second-order valence-corrected chi connectivity index (χ2v) is 5.89. The second kappa shape index (κ2) is 8.89. The minimum atomic E-state index is -1.22. The monoisotopic (exact) mass is 393 g/mol. The van der Waals surface area contributed by atoms with Crippen molar-refractivity contribution < 1.29 is 28.0 Å². The van der Waals surface area contributed by atoms with Crippen molar-refractivity contribution in [3.8, 4) is 5.75 Å². The Kier molecular flexibility index (Phi) is 6.59. The highest BCUT2D eigenvalue weighted by molar-refractivity contribution is 5.87. The van der Waals surface area contributed by atoms with E-state index in [1.807, 2.05) is 0 Å². The minimum Gasteiger partial charge on any atom is -0.496 e. The van der Waals surface area contributed by atoms with Crippen LogP contribution in [-0.4, -0.2) is 29.9 Å². The van der Waals surface area contributed by atoms with Crippen molar-refractivity contribution in [3.05, 3.63) is 69.3 Å². The van der Waals surface area contributed by atoms with Gasteiger partial charge in [-0.2, -0.15) is 0 Å². The standard InChI is InChI=1S/C18H17F2N3O5/c1-28-16-5-4-13(23(26)27)6-11(16)7-15(18(21)25)22-17(24)8-10-2-3-12(19)9-14(10)20/h2-6,9,15H,7-8H2,1H3,(H2,21,25)(H,22,24)/t15-/m0/s1. The molecule has 0 aliphatic carbocycles. The number of nitrogens with one attached hydrogen (secondary N) is 1. The quantitative estimate of drug-likeness (QED) is 0.521. The molecule has 2 aromatic rings. The number of benzene rings is 2. The number of nitro benzene ring substituents is 1. The zero-order chi connectivity index (χ0) is 20.8. The first-order chi connectivity index (χ1) is 13.2. The van der Waals surface area contributed by atoms with Gasteiger partial charge in [0.15, 0.2) is 0 Å². The molecule has 148 valence electrons. The number of nitro groups is 1. The Hall–Kier alpha value is -3.56. The molecule has 0 aromatic heterocycles. The zero-order valence-electron chi connectivity index (χ0n) is 14.8. The third-order valence-corrected chi connectivity index (χ3v) is 3.94. The van der Waals surface area contributed by atoms with Gasteiger partial charge < -0.3 is 15.8 Å². The number of amides is 2. The van der Waals surface area contributed by atoms with Crippen LogP contribution in [0.1, 0.15) is 11.1 Å². The van der Waals surface area contributed by atoms with Gasteiger partial charge in [0.25, 0.3) is 5.69 Å². The van der Waals surface area contributed by atoms with Gasteiger partial charge in [-0.25, -0.2) is 8.78 Å². The average Bonchev–Trinajstić information content (AvgIpc) is 2.63. The van der Waals surface area contributed by atoms with E-state index in [1.165, 1.54) is 25.3 Å². The number of carbonyl (C=O) groups excluding carboxylic acids is 2. The first-order valence-corrected chi connectivity index (χ1v) is 8.05. The Bertz CT molecular complexity index is 920. The van der Waals surface area contributed by atoms with Crippen LogP contribution in [0.4, 0.5) is 14.5 Å². The van der Waals surface area contributed by atoms with Crippen molar-refractivity contribution in [2.75, 3.05) is 7.11 Å². The highest BCUT2D eigenvalue weighted by Crippen LogP contribution is 2.25. The number of nitrogens with two attached hydrogens (primary N) is 1. The van der Waals surface area contributed by atoms with Crippen molar-refractivity contribution in [1.29, 1.82) is 0 Å². The Labute approximate surface area is 158 Å². The molecule has 10 heteroatoms. The van der Waals surface area contributed by atoms with Crippen LogP contribution in [0.2, 0.25) is 0 Å². The van der Waals surface area contributed by atoms with Gasteiger partial charge in [-0.3, -0.25) is 19.7 Å². The summed E-state index contributed by atoms with van der Waals surface area (Å²) in [6.45, 7) is 0. The number of primary amides is 1. The molecule has 3 N–H and O–H groups in total. The summed E-state index contributed by atoms with van der Waals surface area (Å²) in [7, 11) is 1.35. The topological polar surface area (TPSA) is 125 Å². The molecule has 2 rings (SSSR count). The normalized spacial score (nSPS) is 11.5. The number of carbonyl (C=O) groups is 2. The molecule has 0 heterocycles. The summed E-state index contributed by atoms with van der Waals surface area (Å²) in [4.78, 5) is 34.2. The maximum absolute atomic E-state index is 13.7. The number of nitrogens with zero attached hydrogens (tertiary/aromatic N) is 1. The fourth-order valence-electron chi connectivity index (χ4n) is 2.56. The number of hydrogen-bond acceptors (Lipinski definition) is 5. The van der Waals surface area contributed by atoms with E-state index in [-0.39, 0.29) is 29.0 Å². The summed E-state index contributed by atoms with van der Waals surface area (Å²) in [5, 5.41) is 13.3. The van der Waals surface area contributed by atoms with Gasteiger partial charge in [-0.05, 0) is 17.7 Å². The molecule has 0 aliphatic heterocycles. The van der Waals surface area contributed by atoms with Crippen molar-refractivity contribution in [2.45, 2.75) is 18.9 Å². The summed E-state index contributed by atoms with van der Waals surface area (Å²) >= 11 is 0. The third kappa shape index (κ3) is 5.22. The molecule has 0 unspecified atom stereocenters. The second-order valence-electron chi connectivity index (χ2n) is 5.89. The van der Waals surface area contributed by atoms with Gasteiger partial charge in [-0.1, -0.05) is 6.07 Å². The van der Waals surface area contributed by atoms with Crippen molar-refractivity contribution in [1.82, 2.24) is 5.32 Å². The number of ether oxygens (including phenoxy) is 1. The highest BCUT2D eigenvalue weighted by Gasteiger charge is 2.22. The van der Waals surface area contributed by atoms with Crippen LogP contribution in [0.5, 0.6) is 5.75 Å². The van der Waals surface area contributed by atoms with E-state index in [0.717, 1.165) is 12.1 Å². The van der Waals surface area contributed by atoms with Crippen LogP contribution in [0, 0.1) is 21.7 Å². The number of methoxy groups -OCH3 is 1. The van der Waals surface area contributed by atoms with E-state index >= 15 is 0 Å². The first kappa shape index (κ1) is 20.7. The predicted octanol–water partition coefficient (Wildman–Crippen LogP) is 1.64. The largest absolute Gasteiger partial charge is 0.496 e. The lowest BCUT2D eigenvalue weighted by Gasteiger charge is -2.17. The lowest BCUT2D eigenvalue weighted by atomic mass is 10.0. The molecule has 0 saturated heterocycles. The average molecular weight is 393 g/mol. The van der Waals surface area contributed by atoms with Crippen LogP contribution in [0.25, 0.3) is 0 Å². The molecule has 0 saturated carbocycles. The van der Waals surface area contributed by atoms with Crippen molar-refractivity contribution in [2.24, 2.45) is 5.73 Å². The molecule has 0 spiro atoms. The Balaban J connectivity index is 2.17. The summed E-state index contributed by atoms with van der Waals surface area (Å²) in [5.41, 5.74) is 5.32. The number of halogens is 2. The highest BCUT2D eigenvalue weighted by atomic mass is 19.1. The van der Waals surface area contributed by atoms with Crippen molar-refractivity contribution in [3.63, 3.8) is 0 Å². The van der Waals surface area contributed by atoms with Gasteiger partial charge in [-0.15, -0.1) is 0 Å². The Morgan fingerprint density at radius 2 is 1.93 bits per heavy atom. The van der Waals surface area contributed by atoms with Crippen LogP contribution in [0.15, 0.2) is 36.4 Å². The third-order valence-electron chi connectivity index (χ3n) is 3.94. The van der Waals surface area contributed by atoms with Crippen molar-refractivity contribution >= 4 is 17.5 Å². The van der Waals surface area contributed by atoms with E-state index < -0.39 is 40.8 Å². The van der Waals surface area contributed by atoms with Crippen LogP contribution >= 0.6 is 0 Å². The van der Waals surface area contributed by atoms with Gasteiger partial charge in [0, 0.05) is 30.2 Å². The fraction of sp³-hybridized carbons (Fsp3) is 0.222. The summed E-state index contributed by atoms with van der Waals surface area (Å²) in [5.74, 6) is -3.02. The van der Waals surface area contributed by atoms with Crippen LogP contribution in [-0.2, 0) is 22.4 Å². The molecule has 0 radical (unpaired) electrons. The smallest absolute Gasteiger partial charge is 0.269 e. The molecular weight excluding hydrogens is 376 g/mol. The molecule has 0 bridgehead atoms. The predicted molar refractivity (Wildman–Crippen MR) is 94.5 cm³/mol. The zero-order valence-corrected chi connectivity index (χ0v) is 14.8. The molecule has 8 nitrogen and oxygen atoms in total. The van der Waals surface area contributed by atoms with Gasteiger partial charge in [0.2, 0.25) is 11.8 Å². The molecule has 2 amide bonds. The number of non-ortho nitro benzene ring substituents is 1. The van der Waals surface area contributed by atoms with Gasteiger partial charge >= 0.3 is 0 Å². The molecule has 2 aromatic carbocycles. The Morgan fingerprint density at radius 3 is 2.50 bits per heavy atom. The maximum atomic E-state index is 13.7. The molecule has 28 heavy (non-hydrogen) atoms. The van der Waals surface area contributed by atoms with E-state index in [9.17, 15) is 28.5 Å². The summed E-state index contributed by atoms with van der Waals surface area (Å²) in [6, 6.07) is 5.35. The molecular formula is C18H17F2N3O5. The van der Waals surface area contributed by atoms with Gasteiger partial charge in [0.1, 0.15) is 23.4 Å². The molecule has 1 atom stereocenters. The van der Waals surface area contributed by atoms with Gasteiger partial charge in [0.05, 0.1) is 18.5 Å². The first-order valence-electron chi connectivity index (χ1n) is 8.05. The summed E-state index contributed by atoms with van der Waals surface area (Å²) in [6.07, 6.45) is -0.611. The lowest BCUT2D eigenvalue weighted by Crippen LogP contribution is -2.46. The minimum absolute atomic E-state index is 0.0601. The number of hydrogen-bond donors (Lipinski definition) is 2.